The summed E-state index contributed by atoms with van der Waals surface area (Å²) in [6, 6.07) is 1.83. The number of hydrogen-bond acceptors (Lipinski definition) is 5. The lowest BCUT2D eigenvalue weighted by atomic mass is 10.2. The second kappa shape index (κ2) is 6.05. The van der Waals surface area contributed by atoms with Gasteiger partial charge in [0.05, 0.1) is 13.0 Å². The zero-order chi connectivity index (χ0) is 12.0. The van der Waals surface area contributed by atoms with Gasteiger partial charge in [0.25, 0.3) is 0 Å². The van der Waals surface area contributed by atoms with Gasteiger partial charge in [0.15, 0.2) is 0 Å². The van der Waals surface area contributed by atoms with E-state index in [9.17, 15) is 4.79 Å². The predicted octanol–water partition coefficient (Wildman–Crippen LogP) is 1.54. The van der Waals surface area contributed by atoms with Gasteiger partial charge in [0.1, 0.15) is 12.1 Å². The first-order valence-electron chi connectivity index (χ1n) is 5.32. The van der Waals surface area contributed by atoms with Gasteiger partial charge in [-0.25, -0.2) is 9.97 Å². The predicted molar refractivity (Wildman–Crippen MR) is 61.1 cm³/mol. The smallest absolute Gasteiger partial charge is 0.307 e. The number of ether oxygens (including phenoxy) is 1. The molecule has 5 nitrogen and oxygen atoms in total. The van der Waals surface area contributed by atoms with Crippen LogP contribution >= 0.6 is 0 Å². The summed E-state index contributed by atoms with van der Waals surface area (Å²) in [5.74, 6) is 0.526. The molecule has 0 spiro atoms. The Kier molecular flexibility index (Phi) is 4.69. The monoisotopic (exact) mass is 223 g/mol. The van der Waals surface area contributed by atoms with Crippen LogP contribution in [0.15, 0.2) is 12.4 Å². The van der Waals surface area contributed by atoms with Gasteiger partial charge < -0.3 is 10.1 Å². The lowest BCUT2D eigenvalue weighted by Gasteiger charge is -2.13. The summed E-state index contributed by atoms with van der Waals surface area (Å²) < 4.78 is 4.86. The molecule has 5 heteroatoms. The van der Waals surface area contributed by atoms with Crippen molar-refractivity contribution in [3.63, 3.8) is 0 Å². The average Bonchev–Trinajstić information content (AvgIpc) is 2.17. The number of carbonyl (C=O) groups is 1. The molecule has 1 atom stereocenters. The van der Waals surface area contributed by atoms with Gasteiger partial charge in [-0.2, -0.15) is 0 Å². The van der Waals surface area contributed by atoms with Crippen molar-refractivity contribution in [1.29, 1.82) is 0 Å². The van der Waals surface area contributed by atoms with Crippen LogP contribution in [0.3, 0.4) is 0 Å². The van der Waals surface area contributed by atoms with Gasteiger partial charge in [-0.3, -0.25) is 4.79 Å². The molecule has 0 aliphatic rings. The molecule has 0 saturated carbocycles. The van der Waals surface area contributed by atoms with Gasteiger partial charge in [-0.15, -0.1) is 0 Å². The third kappa shape index (κ3) is 4.25. The van der Waals surface area contributed by atoms with E-state index in [0.717, 1.165) is 11.5 Å². The summed E-state index contributed by atoms with van der Waals surface area (Å²) in [7, 11) is 0. The van der Waals surface area contributed by atoms with E-state index < -0.39 is 0 Å². The molecule has 0 saturated heterocycles. The SMILES string of the molecule is CCOC(=O)CC(C)Nc1cc(C)ncn1. The minimum Gasteiger partial charge on any atom is -0.466 e. The van der Waals surface area contributed by atoms with Crippen molar-refractivity contribution in [3.05, 3.63) is 18.1 Å². The van der Waals surface area contributed by atoms with Gasteiger partial charge >= 0.3 is 5.97 Å². The van der Waals surface area contributed by atoms with E-state index in [1.807, 2.05) is 19.9 Å². The molecule has 88 valence electrons. The van der Waals surface area contributed by atoms with Crippen molar-refractivity contribution >= 4 is 11.8 Å². The van der Waals surface area contributed by atoms with E-state index in [0.29, 0.717) is 13.0 Å². The molecule has 1 aromatic rings. The second-order valence-corrected chi connectivity index (χ2v) is 3.60. The van der Waals surface area contributed by atoms with Crippen molar-refractivity contribution < 1.29 is 9.53 Å². The topological polar surface area (TPSA) is 64.1 Å². The van der Waals surface area contributed by atoms with Crippen molar-refractivity contribution in [2.45, 2.75) is 33.2 Å². The Morgan fingerprint density at radius 1 is 1.56 bits per heavy atom. The Balaban J connectivity index is 2.45. The first-order valence-corrected chi connectivity index (χ1v) is 5.32. The Labute approximate surface area is 95.3 Å². The molecule has 1 unspecified atom stereocenters. The summed E-state index contributed by atoms with van der Waals surface area (Å²) in [6.45, 7) is 6.01. The molecule has 0 fully saturated rings. The normalized spacial score (nSPS) is 11.9. The van der Waals surface area contributed by atoms with Gasteiger partial charge in [0.2, 0.25) is 0 Å². The molecule has 0 aromatic carbocycles. The largest absolute Gasteiger partial charge is 0.466 e. The van der Waals surface area contributed by atoms with Crippen LogP contribution in [-0.4, -0.2) is 28.6 Å². The highest BCUT2D eigenvalue weighted by molar-refractivity contribution is 5.70. The standard InChI is InChI=1S/C11H17N3O2/c1-4-16-11(15)6-9(3)14-10-5-8(2)12-7-13-10/h5,7,9H,4,6H2,1-3H3,(H,12,13,14). The molecular weight excluding hydrogens is 206 g/mol. The van der Waals surface area contributed by atoms with Crippen LogP contribution in [0.5, 0.6) is 0 Å². The van der Waals surface area contributed by atoms with Gasteiger partial charge in [-0.1, -0.05) is 0 Å². The van der Waals surface area contributed by atoms with Crippen LogP contribution < -0.4 is 5.32 Å². The number of rotatable bonds is 5. The first-order chi connectivity index (χ1) is 7.61. The summed E-state index contributed by atoms with van der Waals surface area (Å²) in [4.78, 5) is 19.3. The molecule has 1 N–H and O–H groups in total. The van der Waals surface area contributed by atoms with Gasteiger partial charge in [-0.05, 0) is 20.8 Å². The zero-order valence-electron chi connectivity index (χ0n) is 9.86. The van der Waals surface area contributed by atoms with Crippen molar-refractivity contribution in [1.82, 2.24) is 9.97 Å². The number of aryl methyl sites for hydroxylation is 1. The number of carbonyl (C=O) groups excluding carboxylic acids is 1. The third-order valence-corrected chi connectivity index (χ3v) is 1.98. The maximum Gasteiger partial charge on any atom is 0.307 e. The Hall–Kier alpha value is -1.65. The number of esters is 1. The lowest BCUT2D eigenvalue weighted by Crippen LogP contribution is -2.21. The Morgan fingerprint density at radius 3 is 2.94 bits per heavy atom. The minimum absolute atomic E-state index is 0.00616. The Morgan fingerprint density at radius 2 is 2.31 bits per heavy atom. The third-order valence-electron chi connectivity index (χ3n) is 1.98. The number of nitrogens with one attached hydrogen (secondary N) is 1. The fraction of sp³-hybridized carbons (Fsp3) is 0.545. The highest BCUT2D eigenvalue weighted by Gasteiger charge is 2.09. The molecule has 0 amide bonds. The number of nitrogens with zero attached hydrogens (tertiary/aromatic N) is 2. The van der Waals surface area contributed by atoms with E-state index >= 15 is 0 Å². The lowest BCUT2D eigenvalue weighted by molar-refractivity contribution is -0.143. The van der Waals surface area contributed by atoms with Crippen molar-refractivity contribution in [2.24, 2.45) is 0 Å². The first kappa shape index (κ1) is 12.4. The van der Waals surface area contributed by atoms with Crippen LogP contribution in [0.4, 0.5) is 5.82 Å². The maximum absolute atomic E-state index is 11.2. The second-order valence-electron chi connectivity index (χ2n) is 3.60. The summed E-state index contributed by atoms with van der Waals surface area (Å²) >= 11 is 0. The van der Waals surface area contributed by atoms with Crippen molar-refractivity contribution in [3.8, 4) is 0 Å². The van der Waals surface area contributed by atoms with Gasteiger partial charge in [0, 0.05) is 17.8 Å². The molecular formula is C11H17N3O2. The maximum atomic E-state index is 11.2. The van der Waals surface area contributed by atoms with E-state index in [1.54, 1.807) is 6.92 Å². The fourth-order valence-corrected chi connectivity index (χ4v) is 1.31. The molecule has 0 bridgehead atoms. The zero-order valence-corrected chi connectivity index (χ0v) is 9.86. The molecule has 1 heterocycles. The average molecular weight is 223 g/mol. The Bertz CT molecular complexity index is 355. The number of anilines is 1. The van der Waals surface area contributed by atoms with E-state index in [-0.39, 0.29) is 12.0 Å². The van der Waals surface area contributed by atoms with Crippen molar-refractivity contribution in [2.75, 3.05) is 11.9 Å². The fourth-order valence-electron chi connectivity index (χ4n) is 1.31. The van der Waals surface area contributed by atoms with Crippen LogP contribution in [-0.2, 0) is 9.53 Å². The van der Waals surface area contributed by atoms with E-state index in [1.165, 1.54) is 6.33 Å². The minimum atomic E-state index is -0.201. The van der Waals surface area contributed by atoms with Crippen LogP contribution in [0.1, 0.15) is 26.0 Å². The molecule has 0 radical (unpaired) electrons. The van der Waals surface area contributed by atoms with Crippen LogP contribution in [0.25, 0.3) is 0 Å². The molecule has 0 aliphatic heterocycles. The number of aromatic nitrogens is 2. The molecule has 1 aromatic heterocycles. The van der Waals surface area contributed by atoms with Crippen LogP contribution in [0.2, 0.25) is 0 Å². The summed E-state index contributed by atoms with van der Waals surface area (Å²) in [5, 5.41) is 3.12. The van der Waals surface area contributed by atoms with E-state index in [4.69, 9.17) is 4.74 Å². The molecule has 0 aliphatic carbocycles. The van der Waals surface area contributed by atoms with Crippen LogP contribution in [0, 0.1) is 6.92 Å². The van der Waals surface area contributed by atoms with E-state index in [2.05, 4.69) is 15.3 Å². The highest BCUT2D eigenvalue weighted by Crippen LogP contribution is 2.06. The quantitative estimate of drug-likeness (QED) is 0.767. The molecule has 16 heavy (non-hydrogen) atoms. The summed E-state index contributed by atoms with van der Waals surface area (Å²) in [5.41, 5.74) is 0.890. The number of hydrogen-bond donors (Lipinski definition) is 1. The summed E-state index contributed by atoms with van der Waals surface area (Å²) in [6.07, 6.45) is 1.83. The highest BCUT2D eigenvalue weighted by atomic mass is 16.5. The molecule has 1 rings (SSSR count).